The third-order valence-electron chi connectivity index (χ3n) is 4.88. The van der Waals surface area contributed by atoms with Crippen LogP contribution in [0.15, 0.2) is 36.2 Å². The van der Waals surface area contributed by atoms with Gasteiger partial charge in [-0.1, -0.05) is 17.7 Å². The van der Waals surface area contributed by atoms with E-state index in [-0.39, 0.29) is 17.9 Å². The predicted molar refractivity (Wildman–Crippen MR) is 91.2 cm³/mol. The summed E-state index contributed by atoms with van der Waals surface area (Å²) in [5.74, 6) is -0.0963. The van der Waals surface area contributed by atoms with Gasteiger partial charge in [0.05, 0.1) is 0 Å². The lowest BCUT2D eigenvalue weighted by atomic mass is 9.74. The van der Waals surface area contributed by atoms with Crippen molar-refractivity contribution in [3.05, 3.63) is 41.7 Å². The van der Waals surface area contributed by atoms with E-state index < -0.39 is 5.54 Å². The number of piperidine rings is 1. The van der Waals surface area contributed by atoms with Crippen molar-refractivity contribution >= 4 is 11.9 Å². The maximum absolute atomic E-state index is 13.3. The number of allylic oxidation sites excluding steroid dienone is 1. The molecule has 0 spiro atoms. The smallest absolute Gasteiger partial charge is 0.319 e. The molecule has 0 saturated carbocycles. The molecule has 128 valence electrons. The summed E-state index contributed by atoms with van der Waals surface area (Å²) in [4.78, 5) is 31.4. The number of imide groups is 1. The van der Waals surface area contributed by atoms with E-state index in [2.05, 4.69) is 15.6 Å². The molecule has 24 heavy (non-hydrogen) atoms. The first-order valence-corrected chi connectivity index (χ1v) is 8.44. The lowest BCUT2D eigenvalue weighted by Crippen LogP contribution is -2.53. The highest BCUT2D eigenvalue weighted by molar-refractivity contribution is 6.07. The first-order chi connectivity index (χ1) is 11.6. The molecular formula is C18H24N4O2. The molecule has 2 fully saturated rings. The minimum absolute atomic E-state index is 0.0658. The van der Waals surface area contributed by atoms with Gasteiger partial charge in [0.15, 0.2) is 5.54 Å². The van der Waals surface area contributed by atoms with Crippen molar-refractivity contribution in [2.75, 3.05) is 19.6 Å². The highest BCUT2D eigenvalue weighted by atomic mass is 16.2. The molecule has 6 nitrogen and oxygen atoms in total. The average Bonchev–Trinajstić information content (AvgIpc) is 2.86. The van der Waals surface area contributed by atoms with Crippen LogP contribution in [-0.2, 0) is 10.3 Å². The van der Waals surface area contributed by atoms with Crippen LogP contribution in [0.4, 0.5) is 4.79 Å². The van der Waals surface area contributed by atoms with Crippen LogP contribution in [0.5, 0.6) is 0 Å². The number of hydrogen-bond acceptors (Lipinski definition) is 4. The van der Waals surface area contributed by atoms with Crippen molar-refractivity contribution in [2.45, 2.75) is 32.2 Å². The molecular weight excluding hydrogens is 304 g/mol. The van der Waals surface area contributed by atoms with Crippen LogP contribution in [0.3, 0.4) is 0 Å². The van der Waals surface area contributed by atoms with Crippen LogP contribution in [0, 0.1) is 5.92 Å². The Morgan fingerprint density at radius 1 is 1.38 bits per heavy atom. The fourth-order valence-electron chi connectivity index (χ4n) is 3.59. The number of pyridine rings is 1. The van der Waals surface area contributed by atoms with Crippen molar-refractivity contribution in [2.24, 2.45) is 5.92 Å². The van der Waals surface area contributed by atoms with Gasteiger partial charge in [-0.05, 0) is 51.8 Å². The highest BCUT2D eigenvalue weighted by Gasteiger charge is 2.56. The van der Waals surface area contributed by atoms with E-state index in [0.29, 0.717) is 6.54 Å². The molecule has 0 aromatic carbocycles. The maximum Gasteiger partial charge on any atom is 0.325 e. The first-order valence-electron chi connectivity index (χ1n) is 8.44. The summed E-state index contributed by atoms with van der Waals surface area (Å²) < 4.78 is 0. The summed E-state index contributed by atoms with van der Waals surface area (Å²) in [6, 6.07) is 3.38. The number of aromatic nitrogens is 1. The summed E-state index contributed by atoms with van der Waals surface area (Å²) in [6.07, 6.45) is 6.97. The van der Waals surface area contributed by atoms with Crippen molar-refractivity contribution in [3.8, 4) is 0 Å². The van der Waals surface area contributed by atoms with E-state index in [1.807, 2.05) is 32.1 Å². The minimum Gasteiger partial charge on any atom is -0.319 e. The summed E-state index contributed by atoms with van der Waals surface area (Å²) >= 11 is 0. The van der Waals surface area contributed by atoms with Gasteiger partial charge in [0.25, 0.3) is 5.91 Å². The Morgan fingerprint density at radius 3 is 2.75 bits per heavy atom. The second kappa shape index (κ2) is 6.73. The van der Waals surface area contributed by atoms with Crippen LogP contribution in [0.2, 0.25) is 0 Å². The molecule has 0 radical (unpaired) electrons. The van der Waals surface area contributed by atoms with Gasteiger partial charge in [-0.2, -0.15) is 0 Å². The number of nitrogens with zero attached hydrogens (tertiary/aromatic N) is 2. The second-order valence-corrected chi connectivity index (χ2v) is 6.70. The van der Waals surface area contributed by atoms with Crippen molar-refractivity contribution in [1.82, 2.24) is 20.5 Å². The maximum atomic E-state index is 13.3. The van der Waals surface area contributed by atoms with Crippen molar-refractivity contribution < 1.29 is 9.59 Å². The van der Waals surface area contributed by atoms with Crippen LogP contribution in [0.25, 0.3) is 0 Å². The second-order valence-electron chi connectivity index (χ2n) is 6.70. The Bertz CT molecular complexity index is 648. The van der Waals surface area contributed by atoms with Gasteiger partial charge in [-0.15, -0.1) is 0 Å². The zero-order valence-electron chi connectivity index (χ0n) is 14.2. The Labute approximate surface area is 142 Å². The molecule has 1 aromatic rings. The number of urea groups is 1. The summed E-state index contributed by atoms with van der Waals surface area (Å²) in [7, 11) is 0. The minimum atomic E-state index is -0.997. The third-order valence-corrected chi connectivity index (χ3v) is 4.88. The van der Waals surface area contributed by atoms with Gasteiger partial charge in [0, 0.05) is 24.5 Å². The topological polar surface area (TPSA) is 74.3 Å². The van der Waals surface area contributed by atoms with Gasteiger partial charge in [0.1, 0.15) is 0 Å². The number of amides is 3. The van der Waals surface area contributed by atoms with Crippen LogP contribution < -0.4 is 10.6 Å². The van der Waals surface area contributed by atoms with Gasteiger partial charge < -0.3 is 10.6 Å². The molecule has 2 aliphatic rings. The van der Waals surface area contributed by atoms with Gasteiger partial charge in [-0.3, -0.25) is 14.7 Å². The Kier molecular flexibility index (Phi) is 4.66. The number of rotatable bonds is 4. The molecule has 3 rings (SSSR count). The SMILES string of the molecule is CC(C)=CCN1C(=O)NC(c2cccnc2)(C2CCNCC2)C1=O. The van der Waals surface area contributed by atoms with Crippen LogP contribution in [0.1, 0.15) is 32.3 Å². The molecule has 2 aliphatic heterocycles. The highest BCUT2D eigenvalue weighted by Crippen LogP contribution is 2.40. The van der Waals surface area contributed by atoms with E-state index in [4.69, 9.17) is 0 Å². The molecule has 0 bridgehead atoms. The lowest BCUT2D eigenvalue weighted by Gasteiger charge is -2.37. The molecule has 3 heterocycles. The molecule has 2 saturated heterocycles. The van der Waals surface area contributed by atoms with Gasteiger partial charge >= 0.3 is 6.03 Å². The Balaban J connectivity index is 2.01. The lowest BCUT2D eigenvalue weighted by molar-refractivity contribution is -0.133. The monoisotopic (exact) mass is 328 g/mol. The third kappa shape index (κ3) is 2.82. The molecule has 2 N–H and O–H groups in total. The largest absolute Gasteiger partial charge is 0.325 e. The fraction of sp³-hybridized carbons (Fsp3) is 0.500. The zero-order chi connectivity index (χ0) is 17.2. The van der Waals surface area contributed by atoms with Gasteiger partial charge in [-0.25, -0.2) is 4.79 Å². The van der Waals surface area contributed by atoms with Crippen LogP contribution >= 0.6 is 0 Å². The number of hydrogen-bond donors (Lipinski definition) is 2. The van der Waals surface area contributed by atoms with E-state index in [1.54, 1.807) is 12.4 Å². The van der Waals surface area contributed by atoms with Gasteiger partial charge in [0.2, 0.25) is 0 Å². The first kappa shape index (κ1) is 16.6. The molecule has 1 aromatic heterocycles. The van der Waals surface area contributed by atoms with Crippen LogP contribution in [-0.4, -0.2) is 41.5 Å². The number of carbonyl (C=O) groups excluding carboxylic acids is 2. The Hall–Kier alpha value is -2.21. The standard InChI is InChI=1S/C18H24N4O2/c1-13(2)7-11-22-16(23)18(21-17(22)24,14-5-9-19-10-6-14)15-4-3-8-20-12-15/h3-4,7-8,12,14,19H,5-6,9-11H2,1-2H3,(H,21,24). The van der Waals surface area contributed by atoms with E-state index in [9.17, 15) is 9.59 Å². The molecule has 3 amide bonds. The average molecular weight is 328 g/mol. The quantitative estimate of drug-likeness (QED) is 0.653. The van der Waals surface area contributed by atoms with E-state index in [1.165, 1.54) is 4.90 Å². The van der Waals surface area contributed by atoms with E-state index >= 15 is 0 Å². The molecule has 6 heteroatoms. The summed E-state index contributed by atoms with van der Waals surface area (Å²) in [5.41, 5.74) is 0.856. The Morgan fingerprint density at radius 2 is 2.12 bits per heavy atom. The molecule has 1 unspecified atom stereocenters. The zero-order valence-corrected chi connectivity index (χ0v) is 14.2. The van der Waals surface area contributed by atoms with Crippen molar-refractivity contribution in [3.63, 3.8) is 0 Å². The predicted octanol–water partition coefficient (Wildman–Crippen LogP) is 1.79. The number of carbonyl (C=O) groups is 2. The number of nitrogens with one attached hydrogen (secondary N) is 2. The summed E-state index contributed by atoms with van der Waals surface area (Å²) in [5, 5.41) is 6.34. The summed E-state index contributed by atoms with van der Waals surface area (Å²) in [6.45, 7) is 5.92. The normalized spacial score (nSPS) is 24.8. The van der Waals surface area contributed by atoms with Crippen molar-refractivity contribution in [1.29, 1.82) is 0 Å². The fourth-order valence-corrected chi connectivity index (χ4v) is 3.59. The van der Waals surface area contributed by atoms with E-state index in [0.717, 1.165) is 37.1 Å². The molecule has 1 atom stereocenters. The molecule has 0 aliphatic carbocycles.